The molecule has 0 saturated carbocycles. The number of hydrogen-bond donors (Lipinski definition) is 1. The van der Waals surface area contributed by atoms with Crippen molar-refractivity contribution in [2.75, 3.05) is 11.4 Å². The van der Waals surface area contributed by atoms with E-state index in [1.807, 2.05) is 0 Å². The van der Waals surface area contributed by atoms with Crippen LogP contribution in [0.1, 0.15) is 5.56 Å². The van der Waals surface area contributed by atoms with Gasteiger partial charge in [0.2, 0.25) is 0 Å². The third kappa shape index (κ3) is 2.86. The van der Waals surface area contributed by atoms with Gasteiger partial charge < -0.3 is 0 Å². The molecule has 90 valence electrons. The maximum Gasteiger partial charge on any atom is 0.416 e. The SMILES string of the molecule is CN(c1cccc(C(F)(F)F)c1)S(N)(=O)=O. The summed E-state index contributed by atoms with van der Waals surface area (Å²) < 4.78 is 59.4. The molecule has 0 heterocycles. The van der Waals surface area contributed by atoms with Gasteiger partial charge in [-0.15, -0.1) is 0 Å². The molecule has 0 aliphatic carbocycles. The molecule has 16 heavy (non-hydrogen) atoms. The zero-order valence-corrected chi connectivity index (χ0v) is 9.01. The molecule has 0 amide bonds. The Morgan fingerprint density at radius 3 is 2.31 bits per heavy atom. The lowest BCUT2D eigenvalue weighted by atomic mass is 10.2. The van der Waals surface area contributed by atoms with Gasteiger partial charge in [0.1, 0.15) is 0 Å². The Hall–Kier alpha value is -1.28. The molecule has 0 bridgehead atoms. The van der Waals surface area contributed by atoms with E-state index in [1.165, 1.54) is 6.07 Å². The number of hydrogen-bond acceptors (Lipinski definition) is 2. The summed E-state index contributed by atoms with van der Waals surface area (Å²) in [7, 11) is -2.98. The van der Waals surface area contributed by atoms with Crippen molar-refractivity contribution >= 4 is 15.9 Å². The minimum Gasteiger partial charge on any atom is -0.261 e. The molecule has 0 aliphatic heterocycles. The van der Waals surface area contributed by atoms with Crippen LogP contribution in [0.5, 0.6) is 0 Å². The summed E-state index contributed by atoms with van der Waals surface area (Å²) >= 11 is 0. The molecule has 1 aromatic rings. The van der Waals surface area contributed by atoms with Gasteiger partial charge in [-0.05, 0) is 18.2 Å². The highest BCUT2D eigenvalue weighted by Crippen LogP contribution is 2.31. The summed E-state index contributed by atoms with van der Waals surface area (Å²) in [5.41, 5.74) is -1.07. The minimum atomic E-state index is -4.52. The average Bonchev–Trinajstić information content (AvgIpc) is 2.14. The van der Waals surface area contributed by atoms with E-state index in [9.17, 15) is 21.6 Å². The summed E-state index contributed by atoms with van der Waals surface area (Å²) in [6.45, 7) is 0. The first-order valence-corrected chi connectivity index (χ1v) is 5.56. The predicted octanol–water partition coefficient (Wildman–Crippen LogP) is 1.35. The standard InChI is InChI=1S/C8H9F3N2O2S/c1-13(16(12,14)15)7-4-2-3-6(5-7)8(9,10)11/h2-5H,1H3,(H2,12,14,15). The van der Waals surface area contributed by atoms with Gasteiger partial charge in [0.15, 0.2) is 0 Å². The van der Waals surface area contributed by atoms with Crippen molar-refractivity contribution in [3.05, 3.63) is 29.8 Å². The van der Waals surface area contributed by atoms with E-state index < -0.39 is 21.9 Å². The molecule has 0 aliphatic rings. The lowest BCUT2D eigenvalue weighted by Crippen LogP contribution is -2.33. The second-order valence-electron chi connectivity index (χ2n) is 3.06. The zero-order chi connectivity index (χ0) is 12.6. The Balaban J connectivity index is 3.19. The first kappa shape index (κ1) is 12.8. The number of rotatable bonds is 2. The Morgan fingerprint density at radius 2 is 1.88 bits per heavy atom. The van der Waals surface area contributed by atoms with Crippen molar-refractivity contribution in [2.24, 2.45) is 5.14 Å². The summed E-state index contributed by atoms with van der Waals surface area (Å²) in [6.07, 6.45) is -4.52. The van der Waals surface area contributed by atoms with E-state index in [4.69, 9.17) is 5.14 Å². The molecule has 0 radical (unpaired) electrons. The van der Waals surface area contributed by atoms with Gasteiger partial charge in [-0.2, -0.15) is 21.6 Å². The fourth-order valence-electron chi connectivity index (χ4n) is 1.03. The third-order valence-corrected chi connectivity index (χ3v) is 2.89. The number of benzene rings is 1. The summed E-state index contributed by atoms with van der Waals surface area (Å²) in [4.78, 5) is 0. The second-order valence-corrected chi connectivity index (χ2v) is 4.64. The molecule has 0 spiro atoms. The van der Waals surface area contributed by atoms with Gasteiger partial charge in [-0.3, -0.25) is 4.31 Å². The van der Waals surface area contributed by atoms with Gasteiger partial charge >= 0.3 is 6.18 Å². The topological polar surface area (TPSA) is 63.4 Å². The Bertz CT molecular complexity index is 484. The molecule has 0 saturated heterocycles. The smallest absolute Gasteiger partial charge is 0.261 e. The van der Waals surface area contributed by atoms with Crippen LogP contribution in [-0.4, -0.2) is 15.5 Å². The van der Waals surface area contributed by atoms with E-state index in [1.54, 1.807) is 0 Å². The van der Waals surface area contributed by atoms with Gasteiger partial charge in [-0.1, -0.05) is 6.07 Å². The van der Waals surface area contributed by atoms with Crippen molar-refractivity contribution < 1.29 is 21.6 Å². The third-order valence-electron chi connectivity index (χ3n) is 1.92. The molecule has 1 aromatic carbocycles. The van der Waals surface area contributed by atoms with Crippen LogP contribution in [0.2, 0.25) is 0 Å². The van der Waals surface area contributed by atoms with Gasteiger partial charge in [-0.25, -0.2) is 5.14 Å². The maximum absolute atomic E-state index is 12.3. The molecule has 0 unspecified atom stereocenters. The van der Waals surface area contributed by atoms with Crippen molar-refractivity contribution in [2.45, 2.75) is 6.18 Å². The monoisotopic (exact) mass is 254 g/mol. The highest BCUT2D eigenvalue weighted by atomic mass is 32.2. The molecule has 0 fully saturated rings. The normalized spacial score (nSPS) is 12.6. The van der Waals surface area contributed by atoms with E-state index in [2.05, 4.69) is 0 Å². The largest absolute Gasteiger partial charge is 0.416 e. The zero-order valence-electron chi connectivity index (χ0n) is 8.19. The average molecular weight is 254 g/mol. The van der Waals surface area contributed by atoms with Gasteiger partial charge in [0.05, 0.1) is 11.3 Å². The van der Waals surface area contributed by atoms with Crippen LogP contribution in [0.3, 0.4) is 0 Å². The molecule has 1 rings (SSSR count). The first-order valence-electron chi connectivity index (χ1n) is 4.06. The number of anilines is 1. The Labute approximate surface area is 90.7 Å². The van der Waals surface area contributed by atoms with Gasteiger partial charge in [0, 0.05) is 7.05 Å². The van der Waals surface area contributed by atoms with Crippen molar-refractivity contribution in [3.8, 4) is 0 Å². The van der Waals surface area contributed by atoms with E-state index >= 15 is 0 Å². The van der Waals surface area contributed by atoms with E-state index in [0.29, 0.717) is 10.4 Å². The lowest BCUT2D eigenvalue weighted by Gasteiger charge is -2.17. The Morgan fingerprint density at radius 1 is 1.31 bits per heavy atom. The summed E-state index contributed by atoms with van der Waals surface area (Å²) in [5.74, 6) is 0. The van der Waals surface area contributed by atoms with E-state index in [-0.39, 0.29) is 5.69 Å². The molecular weight excluding hydrogens is 245 g/mol. The molecule has 0 atom stereocenters. The minimum absolute atomic E-state index is 0.141. The molecule has 8 heteroatoms. The number of nitrogens with two attached hydrogens (primary N) is 1. The quantitative estimate of drug-likeness (QED) is 0.865. The first-order chi connectivity index (χ1) is 7.12. The summed E-state index contributed by atoms with van der Waals surface area (Å²) in [6, 6.07) is 3.89. The van der Waals surface area contributed by atoms with Crippen LogP contribution in [0.25, 0.3) is 0 Å². The van der Waals surface area contributed by atoms with Crippen LogP contribution in [0, 0.1) is 0 Å². The van der Waals surface area contributed by atoms with Crippen molar-refractivity contribution in [1.82, 2.24) is 0 Å². The van der Waals surface area contributed by atoms with Crippen LogP contribution in [0.4, 0.5) is 18.9 Å². The second kappa shape index (κ2) is 3.95. The van der Waals surface area contributed by atoms with Crippen LogP contribution < -0.4 is 9.44 Å². The highest BCUT2D eigenvalue weighted by Gasteiger charge is 2.31. The van der Waals surface area contributed by atoms with Crippen LogP contribution >= 0.6 is 0 Å². The number of nitrogens with zero attached hydrogens (tertiary/aromatic N) is 1. The van der Waals surface area contributed by atoms with E-state index in [0.717, 1.165) is 19.2 Å². The maximum atomic E-state index is 12.3. The number of alkyl halides is 3. The van der Waals surface area contributed by atoms with Crippen molar-refractivity contribution in [3.63, 3.8) is 0 Å². The summed E-state index contributed by atoms with van der Waals surface area (Å²) in [5, 5.41) is 4.79. The van der Waals surface area contributed by atoms with Crippen LogP contribution in [0.15, 0.2) is 24.3 Å². The Kier molecular flexibility index (Phi) is 3.15. The van der Waals surface area contributed by atoms with Gasteiger partial charge in [0.25, 0.3) is 10.2 Å². The fraction of sp³-hybridized carbons (Fsp3) is 0.250. The highest BCUT2D eigenvalue weighted by molar-refractivity contribution is 7.90. The fourth-order valence-corrected chi connectivity index (χ4v) is 1.43. The molecule has 2 N–H and O–H groups in total. The molecule has 4 nitrogen and oxygen atoms in total. The molecular formula is C8H9F3N2O2S. The number of halogens is 3. The van der Waals surface area contributed by atoms with Crippen molar-refractivity contribution in [1.29, 1.82) is 0 Å². The molecule has 0 aromatic heterocycles. The lowest BCUT2D eigenvalue weighted by molar-refractivity contribution is -0.137. The predicted molar refractivity (Wildman–Crippen MR) is 53.0 cm³/mol. The van der Waals surface area contributed by atoms with Crippen LogP contribution in [-0.2, 0) is 16.4 Å².